The van der Waals surface area contributed by atoms with E-state index in [1.807, 2.05) is 6.92 Å². The molecule has 2 aromatic rings. The molecule has 4 atom stereocenters. The Bertz CT molecular complexity index is 1320. The summed E-state index contributed by atoms with van der Waals surface area (Å²) in [6.07, 6.45) is 4.00. The van der Waals surface area contributed by atoms with Crippen LogP contribution in [0.3, 0.4) is 0 Å². The van der Waals surface area contributed by atoms with Gasteiger partial charge in [-0.05, 0) is 87.8 Å². The van der Waals surface area contributed by atoms with Gasteiger partial charge in [-0.1, -0.05) is 6.07 Å². The van der Waals surface area contributed by atoms with E-state index in [0.717, 1.165) is 36.1 Å². The highest BCUT2D eigenvalue weighted by Crippen LogP contribution is 2.52. The standard InChI is InChI=1S/C30H36N4O4/c1-4-37-25-9-7-19-11-20(25)16-34-27(35)14-21(32-29(34)31)8-5-17-12-22(17)18-6-10-26-23(13-18)24(33-28(19)36)15-30(2,3)38-26/h6-7,9-11,13,17,21-22,24H,4-5,8,12,14-16H2,1-3H3,(H2,31,32)(H,33,36). The lowest BCUT2D eigenvalue weighted by Gasteiger charge is -2.38. The van der Waals surface area contributed by atoms with Crippen LogP contribution in [0.25, 0.3) is 0 Å². The zero-order valence-corrected chi connectivity index (χ0v) is 22.3. The second-order valence-corrected chi connectivity index (χ2v) is 11.6. The van der Waals surface area contributed by atoms with Crippen molar-refractivity contribution in [2.24, 2.45) is 16.6 Å². The van der Waals surface area contributed by atoms with Crippen molar-refractivity contribution >= 4 is 17.8 Å². The number of nitrogens with two attached hydrogens (primary N) is 1. The van der Waals surface area contributed by atoms with Crippen molar-refractivity contribution in [1.29, 1.82) is 0 Å². The van der Waals surface area contributed by atoms with Crippen LogP contribution in [0.15, 0.2) is 41.4 Å². The number of guanidine groups is 1. The van der Waals surface area contributed by atoms with Gasteiger partial charge in [-0.2, -0.15) is 0 Å². The molecule has 4 unspecified atom stereocenters. The third kappa shape index (κ3) is 4.72. The van der Waals surface area contributed by atoms with E-state index in [4.69, 9.17) is 15.2 Å². The van der Waals surface area contributed by atoms with Crippen molar-refractivity contribution in [3.8, 4) is 11.5 Å². The van der Waals surface area contributed by atoms with Crippen molar-refractivity contribution in [1.82, 2.24) is 10.2 Å². The highest BCUT2D eigenvalue weighted by Gasteiger charge is 2.41. The molecular formula is C30H36N4O4. The number of aliphatic imine (C=N–C) groups is 1. The Labute approximate surface area is 223 Å². The first-order chi connectivity index (χ1) is 18.2. The first-order valence-corrected chi connectivity index (χ1v) is 13.7. The Hall–Kier alpha value is -3.55. The molecule has 1 saturated carbocycles. The summed E-state index contributed by atoms with van der Waals surface area (Å²) < 4.78 is 12.1. The molecule has 3 N–H and O–H groups in total. The van der Waals surface area contributed by atoms with E-state index < -0.39 is 5.60 Å². The van der Waals surface area contributed by atoms with Crippen LogP contribution in [0.1, 0.15) is 91.9 Å². The maximum absolute atomic E-state index is 13.6. The van der Waals surface area contributed by atoms with E-state index in [2.05, 4.69) is 42.4 Å². The van der Waals surface area contributed by atoms with Crippen molar-refractivity contribution in [3.63, 3.8) is 0 Å². The summed E-state index contributed by atoms with van der Waals surface area (Å²) in [5.74, 6) is 2.53. The first-order valence-electron chi connectivity index (χ1n) is 13.7. The number of hydrogen-bond acceptors (Lipinski definition) is 6. The molecule has 0 spiro atoms. The smallest absolute Gasteiger partial charge is 0.251 e. The van der Waals surface area contributed by atoms with Crippen LogP contribution in [-0.2, 0) is 11.3 Å². The molecule has 5 aliphatic rings. The van der Waals surface area contributed by atoms with E-state index in [-0.39, 0.29) is 36.4 Å². The second-order valence-electron chi connectivity index (χ2n) is 11.6. The molecule has 0 radical (unpaired) electrons. The summed E-state index contributed by atoms with van der Waals surface area (Å²) in [7, 11) is 0. The molecule has 4 aliphatic heterocycles. The Balaban J connectivity index is 1.40. The van der Waals surface area contributed by atoms with Gasteiger partial charge in [-0.25, -0.2) is 4.99 Å². The van der Waals surface area contributed by atoms with Crippen LogP contribution in [-0.4, -0.2) is 40.9 Å². The highest BCUT2D eigenvalue weighted by molar-refractivity contribution is 5.99. The average Bonchev–Trinajstić information content (AvgIpc) is 3.64. The largest absolute Gasteiger partial charge is 0.494 e. The lowest BCUT2D eigenvalue weighted by molar-refractivity contribution is -0.129. The lowest BCUT2D eigenvalue weighted by atomic mass is 9.88. The molecule has 8 nitrogen and oxygen atoms in total. The summed E-state index contributed by atoms with van der Waals surface area (Å²) in [4.78, 5) is 32.9. The Morgan fingerprint density at radius 1 is 1.18 bits per heavy atom. The van der Waals surface area contributed by atoms with Crippen molar-refractivity contribution in [3.05, 3.63) is 58.7 Å². The number of benzene rings is 2. The Kier molecular flexibility index (Phi) is 6.08. The second kappa shape index (κ2) is 9.33. The quantitative estimate of drug-likeness (QED) is 0.614. The predicted octanol–water partition coefficient (Wildman–Crippen LogP) is 4.43. The van der Waals surface area contributed by atoms with Crippen LogP contribution in [0.4, 0.5) is 0 Å². The van der Waals surface area contributed by atoms with Gasteiger partial charge in [0.1, 0.15) is 17.1 Å². The maximum Gasteiger partial charge on any atom is 0.251 e. The number of nitrogens with one attached hydrogen (secondary N) is 1. The van der Waals surface area contributed by atoms with Gasteiger partial charge in [-0.3, -0.25) is 14.5 Å². The molecule has 0 saturated heterocycles. The van der Waals surface area contributed by atoms with Crippen LogP contribution in [0, 0.1) is 5.92 Å². The van der Waals surface area contributed by atoms with Gasteiger partial charge in [0.05, 0.1) is 25.2 Å². The Morgan fingerprint density at radius 2 is 2.03 bits per heavy atom. The van der Waals surface area contributed by atoms with Gasteiger partial charge < -0.3 is 20.5 Å². The third-order valence-electron chi connectivity index (χ3n) is 8.27. The summed E-state index contributed by atoms with van der Waals surface area (Å²) in [5, 5.41) is 3.28. The summed E-state index contributed by atoms with van der Waals surface area (Å²) in [5.41, 5.74) is 9.46. The van der Waals surface area contributed by atoms with Crippen molar-refractivity contribution in [2.45, 2.75) is 83.0 Å². The molecule has 7 rings (SSSR count). The molecule has 2 aromatic carbocycles. The van der Waals surface area contributed by atoms with E-state index in [1.54, 1.807) is 18.2 Å². The molecular weight excluding hydrogens is 480 g/mol. The minimum Gasteiger partial charge on any atom is -0.494 e. The van der Waals surface area contributed by atoms with Crippen LogP contribution < -0.4 is 20.5 Å². The van der Waals surface area contributed by atoms with E-state index >= 15 is 0 Å². The molecule has 4 heterocycles. The minimum absolute atomic E-state index is 0.0436. The number of ether oxygens (including phenoxy) is 2. The number of nitrogens with zero attached hydrogens (tertiary/aromatic N) is 2. The molecule has 38 heavy (non-hydrogen) atoms. The minimum atomic E-state index is -0.403. The van der Waals surface area contributed by atoms with E-state index in [1.165, 1.54) is 10.5 Å². The zero-order chi connectivity index (χ0) is 26.6. The van der Waals surface area contributed by atoms with Crippen LogP contribution >= 0.6 is 0 Å². The molecule has 1 aliphatic carbocycles. The van der Waals surface area contributed by atoms with Gasteiger partial charge in [0.25, 0.3) is 5.91 Å². The fourth-order valence-electron chi connectivity index (χ4n) is 6.24. The van der Waals surface area contributed by atoms with Crippen LogP contribution in [0.5, 0.6) is 11.5 Å². The predicted molar refractivity (Wildman–Crippen MR) is 144 cm³/mol. The average molecular weight is 517 g/mol. The zero-order valence-electron chi connectivity index (χ0n) is 22.3. The van der Waals surface area contributed by atoms with Crippen molar-refractivity contribution < 1.29 is 19.1 Å². The monoisotopic (exact) mass is 516 g/mol. The van der Waals surface area contributed by atoms with E-state index in [9.17, 15) is 9.59 Å². The highest BCUT2D eigenvalue weighted by atomic mass is 16.5. The fourth-order valence-corrected chi connectivity index (χ4v) is 6.24. The van der Waals surface area contributed by atoms with Gasteiger partial charge in [-0.15, -0.1) is 0 Å². The van der Waals surface area contributed by atoms with E-state index in [0.29, 0.717) is 42.6 Å². The van der Waals surface area contributed by atoms with Crippen molar-refractivity contribution in [2.75, 3.05) is 6.61 Å². The Morgan fingerprint density at radius 3 is 2.82 bits per heavy atom. The fraction of sp³-hybridized carbons (Fsp3) is 0.500. The van der Waals surface area contributed by atoms with Gasteiger partial charge >= 0.3 is 0 Å². The number of fused-ring (bicyclic) bond motifs is 3. The summed E-state index contributed by atoms with van der Waals surface area (Å²) >= 11 is 0. The lowest BCUT2D eigenvalue weighted by Crippen LogP contribution is -2.46. The molecule has 6 bridgehead atoms. The topological polar surface area (TPSA) is 106 Å². The first kappa shape index (κ1) is 24.8. The third-order valence-corrected chi connectivity index (χ3v) is 8.27. The number of carbonyl (C=O) groups is 2. The summed E-state index contributed by atoms with van der Waals surface area (Å²) in [6, 6.07) is 11.6. The number of carbonyl (C=O) groups excluding carboxylic acids is 2. The maximum atomic E-state index is 13.6. The summed E-state index contributed by atoms with van der Waals surface area (Å²) in [6.45, 7) is 6.69. The van der Waals surface area contributed by atoms with Crippen LogP contribution in [0.2, 0.25) is 0 Å². The molecule has 0 aromatic heterocycles. The van der Waals surface area contributed by atoms with Gasteiger partial charge in [0.15, 0.2) is 5.96 Å². The SMILES string of the molecule is CCOc1ccc2cc1CN1C(=O)CC(CCC3CC3c3ccc4c(c3)C(CC(C)(C)O4)NC2=O)N=C1N. The number of rotatable bonds is 2. The number of amides is 2. The molecule has 2 amide bonds. The van der Waals surface area contributed by atoms with Gasteiger partial charge in [0.2, 0.25) is 5.91 Å². The molecule has 1 fully saturated rings. The van der Waals surface area contributed by atoms with Gasteiger partial charge in [0, 0.05) is 29.5 Å². The molecule has 200 valence electrons. The normalized spacial score (nSPS) is 27.8. The molecule has 8 heteroatoms. The number of hydrogen-bond donors (Lipinski definition) is 2.